The van der Waals surface area contributed by atoms with Crippen LogP contribution >= 0.6 is 15.9 Å². The molecule has 2 rings (SSSR count). The summed E-state index contributed by atoms with van der Waals surface area (Å²) in [5.41, 5.74) is 7.41. The molecule has 0 radical (unpaired) electrons. The Labute approximate surface area is 130 Å². The Morgan fingerprint density at radius 1 is 1.40 bits per heavy atom. The van der Waals surface area contributed by atoms with E-state index in [1.54, 1.807) is 0 Å². The van der Waals surface area contributed by atoms with E-state index in [1.165, 1.54) is 5.69 Å². The lowest BCUT2D eigenvalue weighted by Gasteiger charge is -2.39. The molecule has 1 fully saturated rings. The Morgan fingerprint density at radius 3 is 2.80 bits per heavy atom. The molecule has 0 spiro atoms. The lowest BCUT2D eigenvalue weighted by molar-refractivity contribution is 0.0922. The number of rotatable bonds is 4. The lowest BCUT2D eigenvalue weighted by atomic mass is 9.87. The van der Waals surface area contributed by atoms with Crippen molar-refractivity contribution < 1.29 is 5.11 Å². The quantitative estimate of drug-likeness (QED) is 0.885. The van der Waals surface area contributed by atoms with Crippen molar-refractivity contribution in [2.45, 2.75) is 38.8 Å². The molecule has 1 aromatic rings. The SMILES string of the molecule is CC(C)C(O)CC1CC(N)CN(c2cccc(Br)c2)C1. The molecule has 20 heavy (non-hydrogen) atoms. The van der Waals surface area contributed by atoms with E-state index in [-0.39, 0.29) is 12.1 Å². The first-order valence-corrected chi connectivity index (χ1v) is 8.19. The number of hydrogen-bond acceptors (Lipinski definition) is 3. The van der Waals surface area contributed by atoms with E-state index in [0.717, 1.165) is 30.4 Å². The van der Waals surface area contributed by atoms with E-state index < -0.39 is 0 Å². The zero-order valence-corrected chi connectivity index (χ0v) is 13.9. The average Bonchev–Trinajstić information content (AvgIpc) is 2.37. The lowest BCUT2D eigenvalue weighted by Crippen LogP contribution is -2.48. The molecule has 1 aliphatic rings. The average molecular weight is 341 g/mol. The molecule has 3 N–H and O–H groups in total. The molecule has 4 heteroatoms. The summed E-state index contributed by atoms with van der Waals surface area (Å²) in [4.78, 5) is 2.34. The first kappa shape index (κ1) is 15.8. The summed E-state index contributed by atoms with van der Waals surface area (Å²) in [5, 5.41) is 10.1. The molecule has 0 bridgehead atoms. The second-order valence-electron chi connectivity index (χ2n) is 6.29. The summed E-state index contributed by atoms with van der Waals surface area (Å²) < 4.78 is 1.09. The number of nitrogens with two attached hydrogens (primary N) is 1. The van der Waals surface area contributed by atoms with Gasteiger partial charge in [-0.05, 0) is 42.9 Å². The van der Waals surface area contributed by atoms with Gasteiger partial charge < -0.3 is 15.7 Å². The minimum Gasteiger partial charge on any atom is -0.393 e. The van der Waals surface area contributed by atoms with Crippen LogP contribution in [0.2, 0.25) is 0 Å². The highest BCUT2D eigenvalue weighted by Crippen LogP contribution is 2.28. The van der Waals surface area contributed by atoms with Gasteiger partial charge in [-0.25, -0.2) is 0 Å². The van der Waals surface area contributed by atoms with Gasteiger partial charge >= 0.3 is 0 Å². The molecule has 3 atom stereocenters. The van der Waals surface area contributed by atoms with Crippen molar-refractivity contribution in [3.8, 4) is 0 Å². The van der Waals surface area contributed by atoms with Crippen LogP contribution in [0.3, 0.4) is 0 Å². The fraction of sp³-hybridized carbons (Fsp3) is 0.625. The van der Waals surface area contributed by atoms with Crippen LogP contribution in [0, 0.1) is 11.8 Å². The highest BCUT2D eigenvalue weighted by atomic mass is 79.9. The van der Waals surface area contributed by atoms with E-state index in [4.69, 9.17) is 5.73 Å². The molecular formula is C16H25BrN2O. The van der Waals surface area contributed by atoms with Gasteiger partial charge in [0.05, 0.1) is 6.10 Å². The zero-order chi connectivity index (χ0) is 14.7. The molecule has 0 saturated carbocycles. The number of aliphatic hydroxyl groups is 1. The molecule has 0 amide bonds. The van der Waals surface area contributed by atoms with Gasteiger partial charge in [-0.2, -0.15) is 0 Å². The fourth-order valence-electron chi connectivity index (χ4n) is 2.91. The Morgan fingerprint density at radius 2 is 2.15 bits per heavy atom. The van der Waals surface area contributed by atoms with Crippen LogP contribution in [0.15, 0.2) is 28.7 Å². The Balaban J connectivity index is 2.04. The topological polar surface area (TPSA) is 49.5 Å². The standard InChI is InChI=1S/C16H25BrN2O/c1-11(2)16(20)7-12-6-14(18)10-19(9-12)15-5-3-4-13(17)8-15/h3-5,8,11-12,14,16,20H,6-7,9-10,18H2,1-2H3. The van der Waals surface area contributed by atoms with Gasteiger partial charge in [0.15, 0.2) is 0 Å². The molecule has 3 nitrogen and oxygen atoms in total. The number of halogens is 1. The summed E-state index contributed by atoms with van der Waals surface area (Å²) in [7, 11) is 0. The maximum absolute atomic E-state index is 10.1. The molecule has 1 saturated heterocycles. The van der Waals surface area contributed by atoms with Gasteiger partial charge in [-0.15, -0.1) is 0 Å². The summed E-state index contributed by atoms with van der Waals surface area (Å²) in [5.74, 6) is 0.780. The number of hydrogen-bond donors (Lipinski definition) is 2. The number of piperidine rings is 1. The van der Waals surface area contributed by atoms with Crippen LogP contribution < -0.4 is 10.6 Å². The largest absolute Gasteiger partial charge is 0.393 e. The van der Waals surface area contributed by atoms with Crippen molar-refractivity contribution in [1.82, 2.24) is 0 Å². The number of aliphatic hydroxyl groups excluding tert-OH is 1. The highest BCUT2D eigenvalue weighted by Gasteiger charge is 2.27. The molecule has 1 heterocycles. The third-order valence-corrected chi connectivity index (χ3v) is 4.58. The van der Waals surface area contributed by atoms with Crippen molar-refractivity contribution in [2.75, 3.05) is 18.0 Å². The Hall–Kier alpha value is -0.580. The highest BCUT2D eigenvalue weighted by molar-refractivity contribution is 9.10. The van der Waals surface area contributed by atoms with Crippen LogP contribution in [-0.4, -0.2) is 30.3 Å². The third-order valence-electron chi connectivity index (χ3n) is 4.09. The van der Waals surface area contributed by atoms with Gasteiger partial charge in [0.1, 0.15) is 0 Å². The van der Waals surface area contributed by atoms with Crippen LogP contribution in [0.1, 0.15) is 26.7 Å². The van der Waals surface area contributed by atoms with E-state index in [0.29, 0.717) is 11.8 Å². The summed E-state index contributed by atoms with van der Waals surface area (Å²) in [6, 6.07) is 8.53. The smallest absolute Gasteiger partial charge is 0.0566 e. The fourth-order valence-corrected chi connectivity index (χ4v) is 3.30. The second-order valence-corrected chi connectivity index (χ2v) is 7.21. The third kappa shape index (κ3) is 4.21. The maximum atomic E-state index is 10.1. The molecule has 1 aliphatic heterocycles. The van der Waals surface area contributed by atoms with Crippen LogP contribution in [-0.2, 0) is 0 Å². The van der Waals surface area contributed by atoms with Gasteiger partial charge in [-0.1, -0.05) is 35.8 Å². The first-order valence-electron chi connectivity index (χ1n) is 7.40. The molecule has 1 aromatic carbocycles. The normalized spacial score (nSPS) is 25.0. The Bertz CT molecular complexity index is 438. The van der Waals surface area contributed by atoms with Crippen molar-refractivity contribution >= 4 is 21.6 Å². The van der Waals surface area contributed by atoms with E-state index in [1.807, 2.05) is 6.07 Å². The van der Waals surface area contributed by atoms with Crippen molar-refractivity contribution in [3.63, 3.8) is 0 Å². The van der Waals surface area contributed by atoms with Gasteiger partial charge in [0, 0.05) is 29.3 Å². The van der Waals surface area contributed by atoms with Crippen molar-refractivity contribution in [1.29, 1.82) is 0 Å². The number of anilines is 1. The zero-order valence-electron chi connectivity index (χ0n) is 12.3. The summed E-state index contributed by atoms with van der Waals surface area (Å²) in [6.07, 6.45) is 1.62. The summed E-state index contributed by atoms with van der Waals surface area (Å²) in [6.45, 7) is 6.01. The van der Waals surface area contributed by atoms with Crippen molar-refractivity contribution in [2.24, 2.45) is 17.6 Å². The summed E-state index contributed by atoms with van der Waals surface area (Å²) >= 11 is 3.52. The molecule has 112 valence electrons. The predicted octanol–water partition coefficient (Wildman–Crippen LogP) is 3.01. The van der Waals surface area contributed by atoms with E-state index >= 15 is 0 Å². The minimum absolute atomic E-state index is 0.187. The molecule has 0 aliphatic carbocycles. The van der Waals surface area contributed by atoms with Crippen LogP contribution in [0.25, 0.3) is 0 Å². The first-order chi connectivity index (χ1) is 9.45. The Kier molecular flexibility index (Phi) is 5.47. The van der Waals surface area contributed by atoms with E-state index in [9.17, 15) is 5.11 Å². The predicted molar refractivity (Wildman–Crippen MR) is 87.9 cm³/mol. The minimum atomic E-state index is -0.227. The number of benzene rings is 1. The van der Waals surface area contributed by atoms with Gasteiger partial charge in [0.25, 0.3) is 0 Å². The second kappa shape index (κ2) is 6.92. The van der Waals surface area contributed by atoms with Crippen LogP contribution in [0.4, 0.5) is 5.69 Å². The monoisotopic (exact) mass is 340 g/mol. The van der Waals surface area contributed by atoms with Crippen LogP contribution in [0.5, 0.6) is 0 Å². The molecule has 0 aromatic heterocycles. The van der Waals surface area contributed by atoms with Gasteiger partial charge in [0.2, 0.25) is 0 Å². The van der Waals surface area contributed by atoms with Crippen molar-refractivity contribution in [3.05, 3.63) is 28.7 Å². The van der Waals surface area contributed by atoms with Gasteiger partial charge in [-0.3, -0.25) is 0 Å². The number of nitrogens with zero attached hydrogens (tertiary/aromatic N) is 1. The molecular weight excluding hydrogens is 316 g/mol. The van der Waals surface area contributed by atoms with E-state index in [2.05, 4.69) is 52.9 Å². The molecule has 3 unspecified atom stereocenters. The maximum Gasteiger partial charge on any atom is 0.0566 e.